The number of aromatic nitrogens is 2. The number of benzene rings is 3. The van der Waals surface area contributed by atoms with Crippen molar-refractivity contribution in [2.75, 3.05) is 0 Å². The number of allylic oxidation sites excluding steroid dienone is 2. The number of oxazole rings is 1. The first kappa shape index (κ1) is 39.2. The van der Waals surface area contributed by atoms with E-state index in [1.54, 1.807) is 0 Å². The van der Waals surface area contributed by atoms with E-state index in [-0.39, 0.29) is 43.5 Å². The topological polar surface area (TPSA) is 103 Å². The van der Waals surface area contributed by atoms with Crippen LogP contribution < -0.4 is 5.38 Å². The number of carbonyl (C=O) groups is 1. The standard InChI is InChI=1S/C30H25N2O3Si.C13H24O2.Ir/c1-16(2)22-13-19(12-17-8-6-7-9-20(17)22)25-29-24(26-30(32-25)33-15-31-26)21-11-10-18-14-23(36(3,4)5)34-27(18)28(21)35-29;1-5-10(6-2)12(14)9-13(15)11(7-3)8-4;/h6-11,13-16H,1-5H3;9-11,14H,5-8H2,1-4H3;/q-1;;/b;12-9-;. The van der Waals surface area contributed by atoms with E-state index in [0.717, 1.165) is 69.3 Å². The molecule has 0 aliphatic heterocycles. The molecule has 7 rings (SSSR count). The van der Waals surface area contributed by atoms with Gasteiger partial charge in [-0.2, -0.15) is 0 Å². The van der Waals surface area contributed by atoms with Crippen molar-refractivity contribution in [3.8, 4) is 11.3 Å². The van der Waals surface area contributed by atoms with Crippen LogP contribution in [0.15, 0.2) is 80.0 Å². The molecular formula is C43H49IrN2O5Si-. The maximum Gasteiger partial charge on any atom is 0.240 e. The largest absolute Gasteiger partial charge is 0.512 e. The second-order valence-corrected chi connectivity index (χ2v) is 19.8. The van der Waals surface area contributed by atoms with Gasteiger partial charge >= 0.3 is 0 Å². The number of ketones is 1. The number of rotatable bonds is 10. The molecule has 0 fully saturated rings. The predicted molar refractivity (Wildman–Crippen MR) is 212 cm³/mol. The van der Waals surface area contributed by atoms with Gasteiger partial charge in [0.05, 0.1) is 22.2 Å². The summed E-state index contributed by atoms with van der Waals surface area (Å²) in [4.78, 5) is 21.1. The molecular weight excluding hydrogens is 845 g/mol. The van der Waals surface area contributed by atoms with Crippen LogP contribution in [-0.4, -0.2) is 28.9 Å². The van der Waals surface area contributed by atoms with Crippen molar-refractivity contribution in [3.63, 3.8) is 0 Å². The van der Waals surface area contributed by atoms with Gasteiger partial charge in [0.15, 0.2) is 23.3 Å². The van der Waals surface area contributed by atoms with Gasteiger partial charge in [-0.1, -0.05) is 96.4 Å². The summed E-state index contributed by atoms with van der Waals surface area (Å²) in [6.45, 7) is 19.3. The van der Waals surface area contributed by atoms with Crippen LogP contribution in [0.25, 0.3) is 66.2 Å². The number of fused-ring (bicyclic) bond motifs is 8. The fourth-order valence-electron chi connectivity index (χ4n) is 6.89. The van der Waals surface area contributed by atoms with Crippen LogP contribution in [0.4, 0.5) is 0 Å². The van der Waals surface area contributed by atoms with E-state index >= 15 is 0 Å². The van der Waals surface area contributed by atoms with Crippen LogP contribution in [0.2, 0.25) is 19.6 Å². The summed E-state index contributed by atoms with van der Waals surface area (Å²) >= 11 is 0. The predicted octanol–water partition coefficient (Wildman–Crippen LogP) is 12.0. The van der Waals surface area contributed by atoms with Gasteiger partial charge in [-0.05, 0) is 43.7 Å². The summed E-state index contributed by atoms with van der Waals surface area (Å²) in [5.41, 5.74) is 6.15. The Kier molecular flexibility index (Phi) is 12.0. The van der Waals surface area contributed by atoms with Crippen molar-refractivity contribution < 1.29 is 43.3 Å². The average molecular weight is 894 g/mol. The first-order chi connectivity index (χ1) is 24.4. The molecule has 0 amide bonds. The zero-order valence-electron chi connectivity index (χ0n) is 31.6. The van der Waals surface area contributed by atoms with Crippen LogP contribution >= 0.6 is 0 Å². The summed E-state index contributed by atoms with van der Waals surface area (Å²) in [6, 6.07) is 20.5. The number of aliphatic hydroxyl groups is 1. The number of nitrogens with zero attached hydrogens (tertiary/aromatic N) is 2. The van der Waals surface area contributed by atoms with Gasteiger partial charge < -0.3 is 18.4 Å². The first-order valence-corrected chi connectivity index (χ1v) is 21.8. The molecule has 4 heterocycles. The Hall–Kier alpha value is -4.04. The molecule has 0 aliphatic carbocycles. The van der Waals surface area contributed by atoms with E-state index in [9.17, 15) is 9.90 Å². The first-order valence-electron chi connectivity index (χ1n) is 18.3. The molecule has 3 aromatic carbocycles. The van der Waals surface area contributed by atoms with Crippen molar-refractivity contribution >= 4 is 74.2 Å². The number of hydrogen-bond acceptors (Lipinski definition) is 7. The Bertz CT molecular complexity index is 2390. The van der Waals surface area contributed by atoms with Crippen LogP contribution in [-0.2, 0) is 24.9 Å². The third-order valence-corrected chi connectivity index (χ3v) is 11.8. The summed E-state index contributed by atoms with van der Waals surface area (Å²) in [5, 5.41) is 15.9. The summed E-state index contributed by atoms with van der Waals surface area (Å²) < 4.78 is 18.8. The molecule has 1 radical (unpaired) electrons. The SMILES string of the molecule is CC(C)c1cc(-c2nc3ocnc3c3c2oc2c3ccc3cc([Si](C)(C)C)oc32)[c-]c2ccccc12.CCC(CC)C(=O)/C=C(\O)C(CC)CC.[Ir]. The Labute approximate surface area is 320 Å². The van der Waals surface area contributed by atoms with Gasteiger partial charge in [0, 0.05) is 48.8 Å². The molecule has 0 bridgehead atoms. The van der Waals surface area contributed by atoms with E-state index in [0.29, 0.717) is 28.4 Å². The second kappa shape index (κ2) is 15.9. The fraction of sp³-hybridized carbons (Fsp3) is 0.372. The van der Waals surface area contributed by atoms with Crippen LogP contribution in [0, 0.1) is 17.9 Å². The normalized spacial score (nSPS) is 12.5. The molecule has 52 heavy (non-hydrogen) atoms. The van der Waals surface area contributed by atoms with E-state index in [1.807, 2.05) is 33.8 Å². The minimum absolute atomic E-state index is 0. The third kappa shape index (κ3) is 7.41. The van der Waals surface area contributed by atoms with Crippen molar-refractivity contribution in [2.45, 2.75) is 92.8 Å². The van der Waals surface area contributed by atoms with Crippen molar-refractivity contribution in [1.29, 1.82) is 0 Å². The number of pyridine rings is 1. The summed E-state index contributed by atoms with van der Waals surface area (Å²) in [7, 11) is -1.64. The zero-order valence-corrected chi connectivity index (χ0v) is 35.0. The molecule has 1 N–H and O–H groups in total. The zero-order chi connectivity index (χ0) is 36.6. The molecule has 0 saturated heterocycles. The van der Waals surface area contributed by atoms with E-state index < -0.39 is 8.07 Å². The third-order valence-electron chi connectivity index (χ3n) is 10.1. The Morgan fingerprint density at radius 2 is 1.58 bits per heavy atom. The van der Waals surface area contributed by atoms with Gasteiger partial charge in [0.25, 0.3) is 0 Å². The van der Waals surface area contributed by atoms with E-state index in [2.05, 4.69) is 87.0 Å². The van der Waals surface area contributed by atoms with Crippen molar-refractivity contribution in [2.24, 2.45) is 11.8 Å². The summed E-state index contributed by atoms with van der Waals surface area (Å²) in [5.74, 6) is 0.886. The van der Waals surface area contributed by atoms with E-state index in [4.69, 9.17) is 18.2 Å². The monoisotopic (exact) mass is 894 g/mol. The van der Waals surface area contributed by atoms with Gasteiger partial charge in [-0.15, -0.1) is 29.1 Å². The Balaban J connectivity index is 0.000000280. The van der Waals surface area contributed by atoms with Gasteiger partial charge in [0.1, 0.15) is 19.2 Å². The minimum atomic E-state index is -1.64. The minimum Gasteiger partial charge on any atom is -0.512 e. The van der Waals surface area contributed by atoms with Crippen LogP contribution in [0.5, 0.6) is 0 Å². The molecule has 0 spiro atoms. The molecule has 7 aromatic rings. The van der Waals surface area contributed by atoms with E-state index in [1.165, 1.54) is 23.4 Å². The number of furan rings is 2. The fourth-order valence-corrected chi connectivity index (χ4v) is 7.89. The Morgan fingerprint density at radius 1 is 0.885 bits per heavy atom. The summed E-state index contributed by atoms with van der Waals surface area (Å²) in [6.07, 6.45) is 6.35. The molecule has 0 saturated carbocycles. The van der Waals surface area contributed by atoms with Crippen molar-refractivity contribution in [3.05, 3.63) is 78.4 Å². The number of hydrogen-bond donors (Lipinski definition) is 1. The van der Waals surface area contributed by atoms with Crippen molar-refractivity contribution in [1.82, 2.24) is 9.97 Å². The van der Waals surface area contributed by atoms with Gasteiger partial charge in [-0.3, -0.25) is 4.79 Å². The van der Waals surface area contributed by atoms with Crippen LogP contribution in [0.1, 0.15) is 78.7 Å². The average Bonchev–Trinajstić information content (AvgIpc) is 3.85. The number of carbonyl (C=O) groups excluding carboxylic acids is 1. The van der Waals surface area contributed by atoms with Gasteiger partial charge in [0.2, 0.25) is 5.71 Å². The number of aliphatic hydroxyl groups excluding tert-OH is 1. The molecule has 275 valence electrons. The second-order valence-electron chi connectivity index (χ2n) is 14.8. The molecule has 4 aromatic heterocycles. The smallest absolute Gasteiger partial charge is 0.240 e. The maximum absolute atomic E-state index is 11.7. The molecule has 0 unspecified atom stereocenters. The van der Waals surface area contributed by atoms with Crippen LogP contribution in [0.3, 0.4) is 0 Å². The maximum atomic E-state index is 11.7. The molecule has 0 aliphatic rings. The molecule has 9 heteroatoms. The molecule has 7 nitrogen and oxygen atoms in total. The quantitative estimate of drug-likeness (QED) is 0.0631. The molecule has 0 atom stereocenters. The van der Waals surface area contributed by atoms with Gasteiger partial charge in [-0.25, -0.2) is 9.97 Å². The Morgan fingerprint density at radius 3 is 2.23 bits per heavy atom.